The second-order valence-corrected chi connectivity index (χ2v) is 16.9. The van der Waals surface area contributed by atoms with Crippen LogP contribution in [-0.4, -0.2) is 24.1 Å². The second-order valence-electron chi connectivity index (χ2n) is 16.9. The number of benzene rings is 4. The SMILES string of the molecule is Cc1nn(-c2[c-]c(C3(c4[c-]c(C(C)(C)c5cc(C(C)(C)C)ccn5)c5nc(C)c(C)n5c4)c4ccccc4-c4ccccc43)ccc2)c(C)c1-c1ccccc1.[Pt+2]. The Morgan fingerprint density at radius 3 is 1.96 bits per heavy atom. The maximum Gasteiger partial charge on any atom is 2.00 e. The number of aryl methyl sites for hydroxylation is 3. The first-order chi connectivity index (χ1) is 26.8. The van der Waals surface area contributed by atoms with Crippen LogP contribution in [0.4, 0.5) is 0 Å². The summed E-state index contributed by atoms with van der Waals surface area (Å²) in [5.41, 5.74) is 17.1. The van der Waals surface area contributed by atoms with E-state index >= 15 is 0 Å². The smallest absolute Gasteiger partial charge is 0.411 e. The van der Waals surface area contributed by atoms with Crippen molar-refractivity contribution >= 4 is 5.65 Å². The Bertz CT molecular complexity index is 2770. The molecular weight excluding hydrogens is 878 g/mol. The zero-order valence-electron chi connectivity index (χ0n) is 34.1. The van der Waals surface area contributed by atoms with E-state index in [4.69, 9.17) is 15.1 Å². The third-order valence-electron chi connectivity index (χ3n) is 12.1. The van der Waals surface area contributed by atoms with Crippen LogP contribution in [0.25, 0.3) is 33.6 Å². The molecule has 0 N–H and O–H groups in total. The van der Waals surface area contributed by atoms with E-state index in [9.17, 15) is 0 Å². The van der Waals surface area contributed by atoms with Crippen LogP contribution >= 0.6 is 0 Å². The van der Waals surface area contributed by atoms with E-state index in [0.29, 0.717) is 0 Å². The molecule has 0 atom stereocenters. The standard InChI is InChI=1S/C51H47N5.Pt/c1-32-34(3)55-31-39(29-45(48(55)53-32)50(8,9)46-30-37(26-27-52-46)49(5,6)7)51(43-24-15-13-22-41(43)42-23-14-16-25-44(42)51)38-20-17-21-40(28-38)56-35(4)47(33(2)54-56)36-18-11-10-12-19-36;/h10-27,30-31H,1-9H3;/q-2;+2. The Morgan fingerprint density at radius 2 is 1.30 bits per heavy atom. The largest absolute Gasteiger partial charge is 2.00 e. The van der Waals surface area contributed by atoms with E-state index in [1.165, 1.54) is 27.8 Å². The zero-order valence-corrected chi connectivity index (χ0v) is 36.4. The summed E-state index contributed by atoms with van der Waals surface area (Å²) in [5.74, 6) is 0. The van der Waals surface area contributed by atoms with Gasteiger partial charge < -0.3 is 4.40 Å². The molecule has 4 aromatic carbocycles. The summed E-state index contributed by atoms with van der Waals surface area (Å²) in [4.78, 5) is 10.2. The molecule has 0 unspecified atom stereocenters. The molecule has 9 rings (SSSR count). The molecule has 0 saturated carbocycles. The normalized spacial score (nSPS) is 13.4. The minimum atomic E-state index is -0.758. The van der Waals surface area contributed by atoms with Gasteiger partial charge >= 0.3 is 21.1 Å². The number of aromatic nitrogens is 5. The van der Waals surface area contributed by atoms with Crippen LogP contribution in [0, 0.1) is 39.8 Å². The van der Waals surface area contributed by atoms with Gasteiger partial charge in [-0.05, 0) is 84.3 Å². The Hall–Kier alpha value is -5.38. The Kier molecular flexibility index (Phi) is 9.40. The van der Waals surface area contributed by atoms with Gasteiger partial charge in [-0.3, -0.25) is 14.6 Å². The third kappa shape index (κ3) is 5.88. The summed E-state index contributed by atoms with van der Waals surface area (Å²) in [7, 11) is 0. The third-order valence-corrected chi connectivity index (χ3v) is 12.1. The molecule has 0 fully saturated rings. The number of rotatable bonds is 6. The van der Waals surface area contributed by atoms with Gasteiger partial charge in [-0.2, -0.15) is 29.4 Å². The van der Waals surface area contributed by atoms with E-state index in [-0.39, 0.29) is 26.5 Å². The zero-order chi connectivity index (χ0) is 39.1. The predicted octanol–water partition coefficient (Wildman–Crippen LogP) is 11.4. The number of hydrogen-bond acceptors (Lipinski definition) is 3. The fraction of sp³-hybridized carbons (Fsp3) is 0.235. The molecule has 0 saturated heterocycles. The molecule has 4 aromatic heterocycles. The van der Waals surface area contributed by atoms with Gasteiger partial charge in [0, 0.05) is 51.0 Å². The van der Waals surface area contributed by atoms with Crippen molar-refractivity contribution in [3.8, 4) is 27.9 Å². The molecule has 6 heteroatoms. The number of hydrogen-bond donors (Lipinski definition) is 0. The summed E-state index contributed by atoms with van der Waals surface area (Å²) in [6.45, 7) is 19.8. The van der Waals surface area contributed by atoms with Crippen molar-refractivity contribution in [3.05, 3.63) is 196 Å². The van der Waals surface area contributed by atoms with Gasteiger partial charge in [0.2, 0.25) is 0 Å². The first-order valence-electron chi connectivity index (χ1n) is 19.6. The van der Waals surface area contributed by atoms with Crippen molar-refractivity contribution in [2.24, 2.45) is 0 Å². The van der Waals surface area contributed by atoms with Gasteiger partial charge in [-0.15, -0.1) is 22.8 Å². The number of imidazole rings is 1. The van der Waals surface area contributed by atoms with E-state index < -0.39 is 10.8 Å². The van der Waals surface area contributed by atoms with Crippen molar-refractivity contribution in [2.75, 3.05) is 0 Å². The van der Waals surface area contributed by atoms with Crippen molar-refractivity contribution in [3.63, 3.8) is 0 Å². The van der Waals surface area contributed by atoms with Crippen molar-refractivity contribution in [2.45, 2.75) is 78.6 Å². The van der Waals surface area contributed by atoms with Crippen molar-refractivity contribution in [1.29, 1.82) is 0 Å². The second kappa shape index (κ2) is 13.9. The number of pyridine rings is 2. The molecule has 4 heterocycles. The van der Waals surface area contributed by atoms with Crippen molar-refractivity contribution in [1.82, 2.24) is 24.1 Å². The van der Waals surface area contributed by atoms with Crippen LogP contribution in [-0.2, 0) is 37.3 Å². The number of fused-ring (bicyclic) bond motifs is 4. The molecule has 0 spiro atoms. The van der Waals surface area contributed by atoms with Crippen LogP contribution in [0.1, 0.15) is 96.5 Å². The topological polar surface area (TPSA) is 48.0 Å². The van der Waals surface area contributed by atoms with Gasteiger partial charge in [-0.1, -0.05) is 120 Å². The fourth-order valence-electron chi connectivity index (χ4n) is 8.97. The average Bonchev–Trinajstić information content (AvgIpc) is 3.79. The van der Waals surface area contributed by atoms with E-state index in [1.807, 2.05) is 6.20 Å². The Labute approximate surface area is 351 Å². The number of nitrogens with zero attached hydrogens (tertiary/aromatic N) is 5. The molecular formula is C51H47N5Pt. The minimum absolute atomic E-state index is 0. The van der Waals surface area contributed by atoms with Gasteiger partial charge in [-0.25, -0.2) is 0 Å². The van der Waals surface area contributed by atoms with E-state index in [2.05, 4.69) is 199 Å². The molecule has 286 valence electrons. The van der Waals surface area contributed by atoms with E-state index in [1.54, 1.807) is 0 Å². The summed E-state index contributed by atoms with van der Waals surface area (Å²) in [5, 5.41) is 5.13. The van der Waals surface area contributed by atoms with Crippen LogP contribution in [0.2, 0.25) is 0 Å². The Balaban J connectivity index is 0.00000455. The summed E-state index contributed by atoms with van der Waals surface area (Å²) in [6, 6.07) is 47.3. The summed E-state index contributed by atoms with van der Waals surface area (Å²) < 4.78 is 4.34. The first-order valence-corrected chi connectivity index (χ1v) is 19.6. The van der Waals surface area contributed by atoms with Gasteiger partial charge in [0.1, 0.15) is 0 Å². The molecule has 5 nitrogen and oxygen atoms in total. The quantitative estimate of drug-likeness (QED) is 0.156. The summed E-state index contributed by atoms with van der Waals surface area (Å²) in [6.07, 6.45) is 4.23. The van der Waals surface area contributed by atoms with Crippen molar-refractivity contribution < 1.29 is 21.1 Å². The van der Waals surface area contributed by atoms with Crippen LogP contribution in [0.5, 0.6) is 0 Å². The maximum absolute atomic E-state index is 5.21. The molecule has 1 aliphatic carbocycles. The molecule has 0 bridgehead atoms. The molecule has 0 aliphatic heterocycles. The maximum atomic E-state index is 5.21. The van der Waals surface area contributed by atoms with Crippen LogP contribution < -0.4 is 0 Å². The Morgan fingerprint density at radius 1 is 0.649 bits per heavy atom. The monoisotopic (exact) mass is 924 g/mol. The van der Waals surface area contributed by atoms with Gasteiger partial charge in [0.15, 0.2) is 0 Å². The van der Waals surface area contributed by atoms with Gasteiger partial charge in [0.25, 0.3) is 0 Å². The molecule has 57 heavy (non-hydrogen) atoms. The molecule has 8 aromatic rings. The molecule has 1 aliphatic rings. The predicted molar refractivity (Wildman–Crippen MR) is 227 cm³/mol. The van der Waals surface area contributed by atoms with Crippen LogP contribution in [0.15, 0.2) is 122 Å². The average molecular weight is 925 g/mol. The van der Waals surface area contributed by atoms with E-state index in [0.717, 1.165) is 67.6 Å². The van der Waals surface area contributed by atoms with Crippen LogP contribution in [0.3, 0.4) is 0 Å². The molecule has 0 amide bonds. The molecule has 0 radical (unpaired) electrons. The summed E-state index contributed by atoms with van der Waals surface area (Å²) >= 11 is 0. The fourth-order valence-corrected chi connectivity index (χ4v) is 8.97. The first kappa shape index (κ1) is 38.5. The van der Waals surface area contributed by atoms with Gasteiger partial charge in [0.05, 0.1) is 5.69 Å². The minimum Gasteiger partial charge on any atom is -0.411 e.